The van der Waals surface area contributed by atoms with Gasteiger partial charge in [-0.15, -0.1) is 0 Å². The van der Waals surface area contributed by atoms with Gasteiger partial charge in [0.1, 0.15) is 16.7 Å². The highest BCUT2D eigenvalue weighted by Gasteiger charge is 2.10. The number of nitrogens with zero attached hydrogens (tertiary/aromatic N) is 1. The number of phenolic OH excluding ortho intramolecular Hbond substituents is 1. The number of ether oxygens (including phenoxy) is 1. The molecule has 1 aromatic heterocycles. The summed E-state index contributed by atoms with van der Waals surface area (Å²) in [4.78, 5) is 0. The summed E-state index contributed by atoms with van der Waals surface area (Å²) < 4.78 is 11.0. The van der Waals surface area contributed by atoms with Crippen LogP contribution >= 0.6 is 0 Å². The van der Waals surface area contributed by atoms with Crippen LogP contribution in [0.3, 0.4) is 0 Å². The third kappa shape index (κ3) is 2.73. The molecule has 0 saturated carbocycles. The molecule has 3 aromatic rings. The molecule has 5 nitrogen and oxygen atoms in total. The molecular weight excluding hydrogens is 294 g/mol. The number of benzene rings is 2. The quantitative estimate of drug-likeness (QED) is 0.571. The van der Waals surface area contributed by atoms with Crippen LogP contribution in [0.1, 0.15) is 12.5 Å². The molecule has 0 radical (unpaired) electrons. The number of aromatic hydroxyl groups is 1. The predicted molar refractivity (Wildman–Crippen MR) is 86.6 cm³/mol. The summed E-state index contributed by atoms with van der Waals surface area (Å²) in [5.41, 5.74) is 2.47. The molecule has 5 heteroatoms. The second-order valence-electron chi connectivity index (χ2n) is 5.17. The van der Waals surface area contributed by atoms with Crippen molar-refractivity contribution in [3.8, 4) is 22.8 Å². The van der Waals surface area contributed by atoms with Gasteiger partial charge in [-0.3, -0.25) is 0 Å². The molecular formula is C18H17NO4. The average molecular weight is 311 g/mol. The minimum absolute atomic E-state index is 0.0525. The Kier molecular flexibility index (Phi) is 3.93. The van der Waals surface area contributed by atoms with Crippen LogP contribution < -0.4 is 10.1 Å². The second-order valence-corrected chi connectivity index (χ2v) is 5.17. The van der Waals surface area contributed by atoms with Crippen LogP contribution in [0.5, 0.6) is 11.5 Å². The molecule has 0 bridgehead atoms. The van der Waals surface area contributed by atoms with Crippen LogP contribution in [-0.4, -0.2) is 17.4 Å². The van der Waals surface area contributed by atoms with Crippen molar-refractivity contribution in [2.75, 3.05) is 7.11 Å². The Morgan fingerprint density at radius 1 is 1.13 bits per heavy atom. The first-order chi connectivity index (χ1) is 11.2. The summed E-state index contributed by atoms with van der Waals surface area (Å²) in [7, 11) is 1.48. The Morgan fingerprint density at radius 3 is 2.65 bits per heavy atom. The monoisotopic (exact) mass is 311 g/mol. The lowest BCUT2D eigenvalue weighted by molar-refractivity contribution is 0.302. The first-order valence-corrected chi connectivity index (χ1v) is 7.28. The standard InChI is InChI=1S/C18H17NO4/c1-3-11-4-7-16-13(8-11)14(19-21)10-17(23-16)12-5-6-15(20)18(9-12)22-2/h4-10,20-21H,3H2,1-2H3/b19-14+. The van der Waals surface area contributed by atoms with Crippen molar-refractivity contribution in [2.45, 2.75) is 13.3 Å². The van der Waals surface area contributed by atoms with Crippen molar-refractivity contribution in [1.82, 2.24) is 0 Å². The van der Waals surface area contributed by atoms with E-state index in [4.69, 9.17) is 9.15 Å². The summed E-state index contributed by atoms with van der Waals surface area (Å²) in [5.74, 6) is 0.922. The van der Waals surface area contributed by atoms with E-state index in [0.29, 0.717) is 28.0 Å². The summed E-state index contributed by atoms with van der Waals surface area (Å²) in [6.45, 7) is 2.06. The van der Waals surface area contributed by atoms with Gasteiger partial charge < -0.3 is 19.5 Å². The van der Waals surface area contributed by atoms with E-state index in [9.17, 15) is 10.3 Å². The van der Waals surface area contributed by atoms with Crippen molar-refractivity contribution in [3.63, 3.8) is 0 Å². The molecule has 0 aliphatic carbocycles. The van der Waals surface area contributed by atoms with Gasteiger partial charge in [0, 0.05) is 17.0 Å². The molecule has 0 atom stereocenters. The largest absolute Gasteiger partial charge is 0.504 e. The molecule has 0 fully saturated rings. The SMILES string of the molecule is CCc1ccc2oc(-c3ccc(O)c(OC)c3)c/c(=N\O)c2c1. The highest BCUT2D eigenvalue weighted by molar-refractivity contribution is 5.79. The van der Waals surface area contributed by atoms with E-state index in [1.165, 1.54) is 13.2 Å². The van der Waals surface area contributed by atoms with Gasteiger partial charge in [-0.25, -0.2) is 0 Å². The zero-order valence-corrected chi connectivity index (χ0v) is 12.9. The summed E-state index contributed by atoms with van der Waals surface area (Å²) in [6, 6.07) is 12.4. The van der Waals surface area contributed by atoms with Crippen LogP contribution in [0, 0.1) is 0 Å². The van der Waals surface area contributed by atoms with Crippen LogP contribution in [0.4, 0.5) is 0 Å². The molecule has 3 rings (SSSR count). The van der Waals surface area contributed by atoms with Crippen molar-refractivity contribution in [3.05, 3.63) is 53.4 Å². The van der Waals surface area contributed by atoms with Gasteiger partial charge in [0.15, 0.2) is 11.5 Å². The number of methoxy groups -OCH3 is 1. The highest BCUT2D eigenvalue weighted by Crippen LogP contribution is 2.32. The van der Waals surface area contributed by atoms with Crippen molar-refractivity contribution in [1.29, 1.82) is 0 Å². The fourth-order valence-electron chi connectivity index (χ4n) is 2.49. The Hall–Kier alpha value is -2.95. The fourth-order valence-corrected chi connectivity index (χ4v) is 2.49. The number of rotatable bonds is 3. The van der Waals surface area contributed by atoms with Gasteiger partial charge in [-0.1, -0.05) is 18.1 Å². The van der Waals surface area contributed by atoms with Gasteiger partial charge in [0.2, 0.25) is 0 Å². The highest BCUT2D eigenvalue weighted by atomic mass is 16.5. The minimum atomic E-state index is 0.0525. The van der Waals surface area contributed by atoms with Gasteiger partial charge in [0.25, 0.3) is 0 Å². The molecule has 118 valence electrons. The lowest BCUT2D eigenvalue weighted by Gasteiger charge is -2.08. The van der Waals surface area contributed by atoms with Crippen molar-refractivity contribution in [2.24, 2.45) is 5.16 Å². The number of phenols is 1. The predicted octanol–water partition coefficient (Wildman–Crippen LogP) is 3.67. The van der Waals surface area contributed by atoms with Crippen LogP contribution in [-0.2, 0) is 6.42 Å². The Bertz CT molecular complexity index is 928. The third-order valence-electron chi connectivity index (χ3n) is 3.79. The number of fused-ring (bicyclic) bond motifs is 1. The van der Waals surface area contributed by atoms with Crippen LogP contribution in [0.15, 0.2) is 52.0 Å². The number of hydrogen-bond donors (Lipinski definition) is 2. The average Bonchev–Trinajstić information content (AvgIpc) is 2.60. The zero-order valence-electron chi connectivity index (χ0n) is 12.9. The molecule has 0 unspecified atom stereocenters. The minimum Gasteiger partial charge on any atom is -0.504 e. The molecule has 2 aromatic carbocycles. The summed E-state index contributed by atoms with van der Waals surface area (Å²) >= 11 is 0. The van der Waals surface area contributed by atoms with E-state index in [2.05, 4.69) is 12.1 Å². The molecule has 0 aliphatic heterocycles. The molecule has 0 aliphatic rings. The maximum Gasteiger partial charge on any atom is 0.161 e. The van der Waals surface area contributed by atoms with E-state index >= 15 is 0 Å². The maximum absolute atomic E-state index is 9.70. The van der Waals surface area contributed by atoms with E-state index in [0.717, 1.165) is 17.4 Å². The van der Waals surface area contributed by atoms with E-state index < -0.39 is 0 Å². The summed E-state index contributed by atoms with van der Waals surface area (Å²) in [5, 5.41) is 23.6. The molecule has 0 spiro atoms. The smallest absolute Gasteiger partial charge is 0.161 e. The van der Waals surface area contributed by atoms with Crippen molar-refractivity contribution >= 4 is 11.0 Å². The molecule has 2 N–H and O–H groups in total. The Morgan fingerprint density at radius 2 is 1.96 bits per heavy atom. The van der Waals surface area contributed by atoms with Gasteiger partial charge in [-0.2, -0.15) is 0 Å². The maximum atomic E-state index is 9.70. The molecule has 0 amide bonds. The van der Waals surface area contributed by atoms with Gasteiger partial charge in [-0.05, 0) is 42.3 Å². The van der Waals surface area contributed by atoms with Gasteiger partial charge >= 0.3 is 0 Å². The van der Waals surface area contributed by atoms with Gasteiger partial charge in [0.05, 0.1) is 7.11 Å². The van der Waals surface area contributed by atoms with Crippen molar-refractivity contribution < 1.29 is 19.5 Å². The number of hydrogen-bond acceptors (Lipinski definition) is 5. The lowest BCUT2D eigenvalue weighted by Crippen LogP contribution is -2.04. The molecule has 23 heavy (non-hydrogen) atoms. The zero-order chi connectivity index (χ0) is 16.4. The first-order valence-electron chi connectivity index (χ1n) is 7.28. The normalized spacial score (nSPS) is 11.8. The molecule has 1 heterocycles. The van der Waals surface area contributed by atoms with Crippen LogP contribution in [0.25, 0.3) is 22.3 Å². The lowest BCUT2D eigenvalue weighted by atomic mass is 10.1. The van der Waals surface area contributed by atoms with E-state index in [1.807, 2.05) is 18.2 Å². The fraction of sp³-hybridized carbons (Fsp3) is 0.167. The van der Waals surface area contributed by atoms with Crippen LogP contribution in [0.2, 0.25) is 0 Å². The Labute approximate surface area is 133 Å². The third-order valence-corrected chi connectivity index (χ3v) is 3.79. The van der Waals surface area contributed by atoms with E-state index in [1.54, 1.807) is 18.2 Å². The Balaban J connectivity index is 2.23. The number of aryl methyl sites for hydroxylation is 1. The second kappa shape index (κ2) is 6.04. The topological polar surface area (TPSA) is 75.2 Å². The van der Waals surface area contributed by atoms with E-state index in [-0.39, 0.29) is 5.75 Å². The summed E-state index contributed by atoms with van der Waals surface area (Å²) in [6.07, 6.45) is 0.887. The molecule has 0 saturated heterocycles. The first kappa shape index (κ1) is 15.0.